The van der Waals surface area contributed by atoms with E-state index in [0.717, 1.165) is 37.6 Å². The Balaban J connectivity index is 1.28. The third-order valence-electron chi connectivity index (χ3n) is 6.38. The Morgan fingerprint density at radius 1 is 1.07 bits per heavy atom. The molecule has 0 radical (unpaired) electrons. The molecule has 1 aromatic carbocycles. The Morgan fingerprint density at radius 3 is 2.56 bits per heavy atom. The summed E-state index contributed by atoms with van der Waals surface area (Å²) in [5, 5.41) is 7.05. The average molecular weight is 602 g/mol. The first-order chi connectivity index (χ1) is 19.7. The fourth-order valence-corrected chi connectivity index (χ4v) is 5.14. The van der Waals surface area contributed by atoms with Gasteiger partial charge < -0.3 is 25.0 Å². The third kappa shape index (κ3) is 8.59. The number of thiazole rings is 1. The van der Waals surface area contributed by atoms with E-state index in [-0.39, 0.29) is 25.4 Å². The molecular weight excluding hydrogens is 570 g/mol. The second-order valence-corrected chi connectivity index (χ2v) is 10.8. The molecule has 0 saturated carbocycles. The van der Waals surface area contributed by atoms with Crippen LogP contribution in [0, 0.1) is 13.8 Å². The maximum absolute atomic E-state index is 12.8. The molecule has 41 heavy (non-hydrogen) atoms. The van der Waals surface area contributed by atoms with Crippen molar-refractivity contribution in [3.05, 3.63) is 51.7 Å². The van der Waals surface area contributed by atoms with E-state index in [0.29, 0.717) is 38.9 Å². The molecule has 1 aliphatic rings. The molecule has 0 atom stereocenters. The quantitative estimate of drug-likeness (QED) is 0.310. The summed E-state index contributed by atoms with van der Waals surface area (Å²) in [4.78, 5) is 53.9. The predicted octanol–water partition coefficient (Wildman–Crippen LogP) is 3.82. The second kappa shape index (κ2) is 14.2. The first-order valence-corrected chi connectivity index (χ1v) is 14.3. The van der Waals surface area contributed by atoms with E-state index in [1.165, 1.54) is 24.6 Å². The van der Waals surface area contributed by atoms with E-state index in [1.807, 2.05) is 32.0 Å². The Hall–Kier alpha value is -3.81. The minimum Gasteiger partial charge on any atom is -0.469 e. The minimum absolute atomic E-state index is 0.0155. The molecule has 0 unspecified atom stereocenters. The first kappa shape index (κ1) is 30.2. The van der Waals surface area contributed by atoms with Crippen molar-refractivity contribution in [2.45, 2.75) is 26.7 Å². The van der Waals surface area contributed by atoms with Crippen molar-refractivity contribution >= 4 is 63.2 Å². The summed E-state index contributed by atoms with van der Waals surface area (Å²) in [6, 6.07) is 7.30. The summed E-state index contributed by atoms with van der Waals surface area (Å²) in [6.07, 6.45) is 1.55. The topological polar surface area (TPSA) is 139 Å². The largest absolute Gasteiger partial charge is 0.469 e. The summed E-state index contributed by atoms with van der Waals surface area (Å²) in [7, 11) is 1.29. The van der Waals surface area contributed by atoms with Gasteiger partial charge in [0.25, 0.3) is 5.91 Å². The standard InChI is InChI=1S/C27H32ClN7O5S/c1-17-5-4-6-19(28)25(17)33-26(38)20-16-29-27(41-20)32-21-15-22(31-18(2)30-21)35-11-9-34(10-12-35)13-14-40-24(37)8-7-23(36)39-3/h4-6,15-16H,7-14H2,1-3H3,(H,33,38)(H,29,30,31,32). The van der Waals surface area contributed by atoms with Gasteiger partial charge in [-0.1, -0.05) is 35.1 Å². The number of ether oxygens (including phenoxy) is 2. The van der Waals surface area contributed by atoms with Crippen LogP contribution >= 0.6 is 22.9 Å². The second-order valence-electron chi connectivity index (χ2n) is 9.32. The molecule has 1 aliphatic heterocycles. The van der Waals surface area contributed by atoms with Crippen molar-refractivity contribution in [1.29, 1.82) is 0 Å². The lowest BCUT2D eigenvalue weighted by atomic mass is 10.2. The zero-order chi connectivity index (χ0) is 29.4. The van der Waals surface area contributed by atoms with Gasteiger partial charge in [0.1, 0.15) is 28.9 Å². The number of nitrogens with zero attached hydrogens (tertiary/aromatic N) is 5. The number of halogens is 1. The molecule has 2 aromatic heterocycles. The van der Waals surface area contributed by atoms with E-state index in [4.69, 9.17) is 16.3 Å². The SMILES string of the molecule is COC(=O)CCC(=O)OCCN1CCN(c2cc(Nc3ncc(C(=O)Nc4c(C)cccc4Cl)s3)nc(C)n2)CC1. The van der Waals surface area contributed by atoms with Gasteiger partial charge in [-0.2, -0.15) is 0 Å². The van der Waals surface area contributed by atoms with Crippen LogP contribution in [0.4, 0.5) is 22.5 Å². The number of nitrogens with one attached hydrogen (secondary N) is 2. The maximum atomic E-state index is 12.8. The number of hydrogen-bond acceptors (Lipinski definition) is 12. The lowest BCUT2D eigenvalue weighted by Gasteiger charge is -2.35. The van der Waals surface area contributed by atoms with Crippen LogP contribution in [-0.4, -0.2) is 84.1 Å². The number of benzene rings is 1. The van der Waals surface area contributed by atoms with Crippen molar-refractivity contribution in [1.82, 2.24) is 19.9 Å². The fraction of sp³-hybridized carbons (Fsp3) is 0.407. The van der Waals surface area contributed by atoms with Gasteiger partial charge in [-0.25, -0.2) is 15.0 Å². The van der Waals surface area contributed by atoms with Gasteiger partial charge in [-0.3, -0.25) is 19.3 Å². The molecule has 1 saturated heterocycles. The average Bonchev–Trinajstić information content (AvgIpc) is 3.42. The Labute approximate surface area is 247 Å². The summed E-state index contributed by atoms with van der Waals surface area (Å²) in [6.45, 7) is 7.64. The van der Waals surface area contributed by atoms with Gasteiger partial charge in [0.05, 0.1) is 36.9 Å². The molecule has 12 nitrogen and oxygen atoms in total. The normalized spacial score (nSPS) is 13.5. The lowest BCUT2D eigenvalue weighted by molar-refractivity contribution is -0.149. The Bertz CT molecular complexity index is 1370. The summed E-state index contributed by atoms with van der Waals surface area (Å²) in [5.41, 5.74) is 1.45. The predicted molar refractivity (Wildman–Crippen MR) is 157 cm³/mol. The highest BCUT2D eigenvalue weighted by molar-refractivity contribution is 7.17. The van der Waals surface area contributed by atoms with Gasteiger partial charge in [-0.15, -0.1) is 0 Å². The Morgan fingerprint density at radius 2 is 1.83 bits per heavy atom. The van der Waals surface area contributed by atoms with E-state index in [9.17, 15) is 14.4 Å². The Kier molecular flexibility index (Phi) is 10.4. The summed E-state index contributed by atoms with van der Waals surface area (Å²) >= 11 is 7.45. The van der Waals surface area contributed by atoms with Gasteiger partial charge in [-0.05, 0) is 25.5 Å². The van der Waals surface area contributed by atoms with Crippen LogP contribution < -0.4 is 15.5 Å². The number of anilines is 4. The molecule has 2 N–H and O–H groups in total. The number of amides is 1. The zero-order valence-electron chi connectivity index (χ0n) is 23.1. The fourth-order valence-electron chi connectivity index (χ4n) is 4.16. The number of rotatable bonds is 11. The van der Waals surface area contributed by atoms with Crippen molar-refractivity contribution in [3.63, 3.8) is 0 Å². The van der Waals surface area contributed by atoms with Gasteiger partial charge in [0, 0.05) is 38.8 Å². The highest BCUT2D eigenvalue weighted by atomic mass is 35.5. The molecule has 1 fully saturated rings. The third-order valence-corrected chi connectivity index (χ3v) is 7.60. The van der Waals surface area contributed by atoms with Crippen LogP contribution in [0.15, 0.2) is 30.5 Å². The van der Waals surface area contributed by atoms with E-state index in [2.05, 4.69) is 40.1 Å². The number of carbonyl (C=O) groups excluding carboxylic acids is 3. The number of methoxy groups -OCH3 is 1. The monoisotopic (exact) mass is 601 g/mol. The van der Waals surface area contributed by atoms with Crippen molar-refractivity contribution in [2.75, 3.05) is 62.0 Å². The van der Waals surface area contributed by atoms with Crippen molar-refractivity contribution in [2.24, 2.45) is 0 Å². The molecule has 3 aromatic rings. The highest BCUT2D eigenvalue weighted by Gasteiger charge is 2.20. The molecule has 218 valence electrons. The van der Waals surface area contributed by atoms with Crippen LogP contribution in [0.3, 0.4) is 0 Å². The summed E-state index contributed by atoms with van der Waals surface area (Å²) < 4.78 is 9.76. The molecule has 0 bridgehead atoms. The van der Waals surface area contributed by atoms with E-state index in [1.54, 1.807) is 6.07 Å². The van der Waals surface area contributed by atoms with Crippen molar-refractivity contribution < 1.29 is 23.9 Å². The van der Waals surface area contributed by atoms with Crippen LogP contribution in [0.1, 0.15) is 33.9 Å². The van der Waals surface area contributed by atoms with Gasteiger partial charge in [0.2, 0.25) is 0 Å². The molecule has 1 amide bonds. The molecule has 3 heterocycles. The first-order valence-electron chi connectivity index (χ1n) is 13.1. The minimum atomic E-state index is -0.431. The van der Waals surface area contributed by atoms with Gasteiger partial charge >= 0.3 is 11.9 Å². The number of carbonyl (C=O) groups is 3. The van der Waals surface area contributed by atoms with E-state index < -0.39 is 11.9 Å². The molecule has 4 rings (SSSR count). The van der Waals surface area contributed by atoms with Crippen LogP contribution in [0.25, 0.3) is 0 Å². The molecular formula is C27H32ClN7O5S. The smallest absolute Gasteiger partial charge is 0.306 e. The highest BCUT2D eigenvalue weighted by Crippen LogP contribution is 2.28. The number of aromatic nitrogens is 3. The maximum Gasteiger partial charge on any atom is 0.306 e. The molecule has 0 spiro atoms. The molecule has 0 aliphatic carbocycles. The number of hydrogen-bond donors (Lipinski definition) is 2. The zero-order valence-corrected chi connectivity index (χ0v) is 24.7. The summed E-state index contributed by atoms with van der Waals surface area (Å²) in [5.74, 6) is 0.846. The van der Waals surface area contributed by atoms with Crippen molar-refractivity contribution in [3.8, 4) is 0 Å². The van der Waals surface area contributed by atoms with Crippen LogP contribution in [0.2, 0.25) is 5.02 Å². The number of piperazine rings is 1. The molecule has 14 heteroatoms. The number of esters is 2. The van der Waals surface area contributed by atoms with Gasteiger partial charge in [0.15, 0.2) is 5.13 Å². The lowest BCUT2D eigenvalue weighted by Crippen LogP contribution is -2.47. The number of para-hydroxylation sites is 1. The van der Waals surface area contributed by atoms with E-state index >= 15 is 0 Å². The van der Waals surface area contributed by atoms with Crippen LogP contribution in [-0.2, 0) is 19.1 Å². The number of aryl methyl sites for hydroxylation is 2. The van der Waals surface area contributed by atoms with Crippen LogP contribution in [0.5, 0.6) is 0 Å².